The Labute approximate surface area is 117 Å². The third-order valence-corrected chi connectivity index (χ3v) is 5.01. The van der Waals surface area contributed by atoms with E-state index in [9.17, 15) is 9.59 Å². The molecule has 0 bridgehead atoms. The lowest BCUT2D eigenvalue weighted by Gasteiger charge is -2.46. The predicted octanol–water partition coefficient (Wildman–Crippen LogP) is 0.592. The first kappa shape index (κ1) is 14.5. The molecule has 2 rings (SSSR count). The van der Waals surface area contributed by atoms with Crippen molar-refractivity contribution in [2.75, 3.05) is 38.3 Å². The van der Waals surface area contributed by atoms with Gasteiger partial charge in [0.1, 0.15) is 6.04 Å². The fourth-order valence-corrected chi connectivity index (χ4v) is 3.56. The number of nitrogens with zero attached hydrogens (tertiary/aromatic N) is 3. The van der Waals surface area contributed by atoms with Crippen LogP contribution in [0.3, 0.4) is 0 Å². The van der Waals surface area contributed by atoms with E-state index in [1.54, 1.807) is 4.90 Å². The van der Waals surface area contributed by atoms with Crippen LogP contribution in [0, 0.1) is 0 Å². The third kappa shape index (κ3) is 2.81. The van der Waals surface area contributed by atoms with Crippen molar-refractivity contribution in [2.24, 2.45) is 0 Å². The van der Waals surface area contributed by atoms with E-state index in [4.69, 9.17) is 5.11 Å². The summed E-state index contributed by atoms with van der Waals surface area (Å²) in [4.78, 5) is 29.1. The molecule has 2 heterocycles. The Morgan fingerprint density at radius 2 is 2.00 bits per heavy atom. The lowest BCUT2D eigenvalue weighted by molar-refractivity contribution is -0.141. The molecule has 0 unspecified atom stereocenters. The lowest BCUT2D eigenvalue weighted by Crippen LogP contribution is -2.61. The molecule has 7 heteroatoms. The first-order chi connectivity index (χ1) is 8.83. The number of thioether (sulfide) groups is 1. The molecule has 0 saturated carbocycles. The van der Waals surface area contributed by atoms with Crippen molar-refractivity contribution in [3.63, 3.8) is 0 Å². The second-order valence-corrected chi connectivity index (χ2v) is 6.76. The van der Waals surface area contributed by atoms with Gasteiger partial charge in [-0.05, 0) is 20.9 Å². The summed E-state index contributed by atoms with van der Waals surface area (Å²) in [6, 6.07) is -0.821. The van der Waals surface area contributed by atoms with Crippen LogP contribution in [0.2, 0.25) is 0 Å². The van der Waals surface area contributed by atoms with Gasteiger partial charge in [0.05, 0.1) is 5.88 Å². The van der Waals surface area contributed by atoms with Gasteiger partial charge in [-0.15, -0.1) is 11.8 Å². The summed E-state index contributed by atoms with van der Waals surface area (Å²) < 4.78 is 0. The highest BCUT2D eigenvalue weighted by molar-refractivity contribution is 7.99. The minimum Gasteiger partial charge on any atom is -0.480 e. The standard InChI is InChI=1S/C12H21N3O3S/c1-12(2)7-14(5-4-13(12)3)11(18)15-8-19-6-9(15)10(16)17/h9H,4-8H2,1-3H3,(H,16,17)/t9-/m0/s1. The van der Waals surface area contributed by atoms with Gasteiger partial charge in [-0.25, -0.2) is 9.59 Å². The van der Waals surface area contributed by atoms with Crippen molar-refractivity contribution in [2.45, 2.75) is 25.4 Å². The Balaban J connectivity index is 2.06. The molecule has 6 nitrogen and oxygen atoms in total. The van der Waals surface area contributed by atoms with E-state index in [-0.39, 0.29) is 11.6 Å². The molecule has 1 N–H and O–H groups in total. The summed E-state index contributed by atoms with van der Waals surface area (Å²) in [5.41, 5.74) is -0.0699. The van der Waals surface area contributed by atoms with Crippen LogP contribution in [-0.4, -0.2) is 81.7 Å². The summed E-state index contributed by atoms with van der Waals surface area (Å²) in [7, 11) is 2.05. The summed E-state index contributed by atoms with van der Waals surface area (Å²) in [6.07, 6.45) is 0. The minimum atomic E-state index is -0.910. The zero-order chi connectivity index (χ0) is 14.2. The Kier molecular flexibility index (Phi) is 3.96. The average Bonchev–Trinajstić information content (AvgIpc) is 2.80. The van der Waals surface area contributed by atoms with Gasteiger partial charge in [-0.1, -0.05) is 0 Å². The molecule has 2 aliphatic rings. The lowest BCUT2D eigenvalue weighted by atomic mass is 10.00. The predicted molar refractivity (Wildman–Crippen MR) is 74.3 cm³/mol. The van der Waals surface area contributed by atoms with Crippen LogP contribution in [-0.2, 0) is 4.79 Å². The highest BCUT2D eigenvalue weighted by Gasteiger charge is 2.40. The normalized spacial score (nSPS) is 27.6. The van der Waals surface area contributed by atoms with Crippen LogP contribution in [0.25, 0.3) is 0 Å². The van der Waals surface area contributed by atoms with Crippen LogP contribution in [0.15, 0.2) is 0 Å². The Morgan fingerprint density at radius 3 is 2.58 bits per heavy atom. The summed E-state index contributed by atoms with van der Waals surface area (Å²) >= 11 is 1.50. The monoisotopic (exact) mass is 287 g/mol. The first-order valence-corrected chi connectivity index (χ1v) is 7.56. The van der Waals surface area contributed by atoms with Crippen molar-refractivity contribution >= 4 is 23.8 Å². The highest BCUT2D eigenvalue weighted by Crippen LogP contribution is 2.25. The van der Waals surface area contributed by atoms with Crippen molar-refractivity contribution in [3.8, 4) is 0 Å². The number of rotatable bonds is 1. The van der Waals surface area contributed by atoms with Gasteiger partial charge in [0.25, 0.3) is 0 Å². The number of likely N-dealkylation sites (N-methyl/N-ethyl adjacent to an activating group) is 1. The zero-order valence-electron chi connectivity index (χ0n) is 11.6. The molecule has 2 amide bonds. The quantitative estimate of drug-likeness (QED) is 0.765. The number of carboxylic acid groups (broad SMARTS) is 1. The smallest absolute Gasteiger partial charge is 0.327 e. The SMILES string of the molecule is CN1CCN(C(=O)N2CSC[C@H]2C(=O)O)CC1(C)C. The maximum Gasteiger partial charge on any atom is 0.327 e. The van der Waals surface area contributed by atoms with Crippen LogP contribution in [0.4, 0.5) is 4.79 Å². The number of amides is 2. The van der Waals surface area contributed by atoms with Gasteiger partial charge in [-0.2, -0.15) is 0 Å². The number of carboxylic acids is 1. The molecule has 0 radical (unpaired) electrons. The van der Waals surface area contributed by atoms with E-state index in [0.29, 0.717) is 24.7 Å². The van der Waals surface area contributed by atoms with Crippen LogP contribution < -0.4 is 0 Å². The molecular weight excluding hydrogens is 266 g/mol. The minimum absolute atomic E-state index is 0.0699. The summed E-state index contributed by atoms with van der Waals surface area (Å²) in [5, 5.41) is 9.14. The third-order valence-electron chi connectivity index (χ3n) is 4.00. The molecule has 0 aliphatic carbocycles. The number of piperazine rings is 1. The number of hydrogen-bond donors (Lipinski definition) is 1. The molecule has 0 spiro atoms. The van der Waals surface area contributed by atoms with Gasteiger partial charge in [-0.3, -0.25) is 4.90 Å². The molecule has 0 aromatic rings. The van der Waals surface area contributed by atoms with E-state index in [0.717, 1.165) is 6.54 Å². The molecular formula is C12H21N3O3S. The second-order valence-electron chi connectivity index (χ2n) is 5.76. The zero-order valence-corrected chi connectivity index (χ0v) is 12.4. The van der Waals surface area contributed by atoms with Crippen molar-refractivity contribution < 1.29 is 14.7 Å². The molecule has 2 aliphatic heterocycles. The molecule has 1 atom stereocenters. The van der Waals surface area contributed by atoms with Gasteiger partial charge >= 0.3 is 12.0 Å². The molecule has 108 valence electrons. The van der Waals surface area contributed by atoms with Crippen molar-refractivity contribution in [1.29, 1.82) is 0 Å². The fraction of sp³-hybridized carbons (Fsp3) is 0.833. The largest absolute Gasteiger partial charge is 0.480 e. The van der Waals surface area contributed by atoms with E-state index in [2.05, 4.69) is 18.7 Å². The molecule has 2 fully saturated rings. The molecule has 0 aromatic heterocycles. The van der Waals surface area contributed by atoms with Gasteiger partial charge < -0.3 is 14.9 Å². The Morgan fingerprint density at radius 1 is 1.32 bits per heavy atom. The molecule has 0 aromatic carbocycles. The Hall–Kier alpha value is -0.950. The van der Waals surface area contributed by atoms with Crippen LogP contribution in [0.1, 0.15) is 13.8 Å². The fourth-order valence-electron chi connectivity index (χ4n) is 2.42. The van der Waals surface area contributed by atoms with Crippen LogP contribution >= 0.6 is 11.8 Å². The van der Waals surface area contributed by atoms with Crippen LogP contribution in [0.5, 0.6) is 0 Å². The van der Waals surface area contributed by atoms with Gasteiger partial charge in [0, 0.05) is 30.9 Å². The highest BCUT2D eigenvalue weighted by atomic mass is 32.2. The number of aliphatic carboxylic acids is 1. The van der Waals surface area contributed by atoms with E-state index < -0.39 is 12.0 Å². The number of urea groups is 1. The van der Waals surface area contributed by atoms with E-state index in [1.165, 1.54) is 16.7 Å². The summed E-state index contributed by atoms with van der Waals surface area (Å²) in [6.45, 7) is 6.30. The van der Waals surface area contributed by atoms with Crippen molar-refractivity contribution in [3.05, 3.63) is 0 Å². The van der Waals surface area contributed by atoms with E-state index >= 15 is 0 Å². The summed E-state index contributed by atoms with van der Waals surface area (Å²) in [5.74, 6) is 0.0487. The molecule has 2 saturated heterocycles. The number of hydrogen-bond acceptors (Lipinski definition) is 4. The average molecular weight is 287 g/mol. The van der Waals surface area contributed by atoms with Gasteiger partial charge in [0.15, 0.2) is 0 Å². The van der Waals surface area contributed by atoms with Gasteiger partial charge in [0.2, 0.25) is 0 Å². The van der Waals surface area contributed by atoms with E-state index in [1.807, 2.05) is 7.05 Å². The second kappa shape index (κ2) is 5.20. The molecule has 19 heavy (non-hydrogen) atoms. The number of carbonyl (C=O) groups excluding carboxylic acids is 1. The Bertz CT molecular complexity index is 388. The maximum atomic E-state index is 12.5. The topological polar surface area (TPSA) is 64.1 Å². The first-order valence-electron chi connectivity index (χ1n) is 6.40. The number of carbonyl (C=O) groups is 2. The van der Waals surface area contributed by atoms with Crippen molar-refractivity contribution in [1.82, 2.24) is 14.7 Å². The maximum absolute atomic E-state index is 12.5.